The molecule has 1 N–H and O–H groups in total. The Balaban J connectivity index is 2.51. The SMILES string of the molecule is O=C(/C=N\O)c1cnc2ccccc2n1. The number of hydrogen-bond donors (Lipinski definition) is 1. The van der Waals surface area contributed by atoms with Crippen molar-refractivity contribution in [3.63, 3.8) is 0 Å². The lowest BCUT2D eigenvalue weighted by molar-refractivity contribution is 0.106. The molecule has 74 valence electrons. The van der Waals surface area contributed by atoms with Crippen molar-refractivity contribution in [3.8, 4) is 0 Å². The van der Waals surface area contributed by atoms with Gasteiger partial charge >= 0.3 is 0 Å². The zero-order valence-electron chi connectivity index (χ0n) is 7.66. The van der Waals surface area contributed by atoms with Gasteiger partial charge < -0.3 is 5.21 Å². The van der Waals surface area contributed by atoms with Gasteiger partial charge in [0, 0.05) is 0 Å². The van der Waals surface area contributed by atoms with E-state index in [4.69, 9.17) is 5.21 Å². The quantitative estimate of drug-likeness (QED) is 0.343. The normalized spacial score (nSPS) is 10.9. The Kier molecular flexibility index (Phi) is 2.37. The van der Waals surface area contributed by atoms with E-state index in [-0.39, 0.29) is 5.69 Å². The minimum atomic E-state index is -0.476. The standard InChI is InChI=1S/C10H7N3O2/c14-10(6-12-15)9-5-11-7-3-1-2-4-8(7)13-9/h1-6,15H/b12-6-. The molecule has 0 spiro atoms. The number of benzene rings is 1. The van der Waals surface area contributed by atoms with Crippen LogP contribution in [-0.4, -0.2) is 27.2 Å². The Hall–Kier alpha value is -2.30. The minimum absolute atomic E-state index is 0.159. The van der Waals surface area contributed by atoms with Crippen LogP contribution in [0, 0.1) is 0 Å². The van der Waals surface area contributed by atoms with Crippen molar-refractivity contribution in [2.45, 2.75) is 0 Å². The summed E-state index contributed by atoms with van der Waals surface area (Å²) in [6.45, 7) is 0. The van der Waals surface area contributed by atoms with Crippen molar-refractivity contribution in [2.24, 2.45) is 5.16 Å². The van der Waals surface area contributed by atoms with Crippen molar-refractivity contribution < 1.29 is 10.0 Å². The number of carbonyl (C=O) groups excluding carboxylic acids is 1. The summed E-state index contributed by atoms with van der Waals surface area (Å²) in [6.07, 6.45) is 2.14. The molecule has 0 aliphatic heterocycles. The van der Waals surface area contributed by atoms with Gasteiger partial charge in [-0.1, -0.05) is 17.3 Å². The maximum absolute atomic E-state index is 11.3. The third-order valence-corrected chi connectivity index (χ3v) is 1.88. The molecule has 5 nitrogen and oxygen atoms in total. The third-order valence-electron chi connectivity index (χ3n) is 1.88. The zero-order chi connectivity index (χ0) is 10.7. The van der Waals surface area contributed by atoms with Crippen LogP contribution in [0.15, 0.2) is 35.6 Å². The van der Waals surface area contributed by atoms with Gasteiger partial charge in [-0.25, -0.2) is 4.98 Å². The molecule has 0 fully saturated rings. The van der Waals surface area contributed by atoms with Gasteiger partial charge in [-0.3, -0.25) is 9.78 Å². The van der Waals surface area contributed by atoms with Crippen LogP contribution in [-0.2, 0) is 0 Å². The van der Waals surface area contributed by atoms with E-state index in [0.29, 0.717) is 5.52 Å². The Labute approximate surface area is 85.1 Å². The van der Waals surface area contributed by atoms with Crippen LogP contribution in [0.4, 0.5) is 0 Å². The summed E-state index contributed by atoms with van der Waals surface area (Å²) in [7, 11) is 0. The monoisotopic (exact) mass is 201 g/mol. The van der Waals surface area contributed by atoms with Crippen LogP contribution >= 0.6 is 0 Å². The molecule has 1 heterocycles. The lowest BCUT2D eigenvalue weighted by Crippen LogP contribution is -2.04. The van der Waals surface area contributed by atoms with Crippen LogP contribution in [0.5, 0.6) is 0 Å². The first-order valence-corrected chi connectivity index (χ1v) is 4.25. The van der Waals surface area contributed by atoms with Gasteiger partial charge in [-0.2, -0.15) is 0 Å². The van der Waals surface area contributed by atoms with Crippen LogP contribution in [0.25, 0.3) is 11.0 Å². The molecule has 0 aliphatic rings. The second-order valence-corrected chi connectivity index (χ2v) is 2.85. The summed E-state index contributed by atoms with van der Waals surface area (Å²) >= 11 is 0. The molecular weight excluding hydrogens is 194 g/mol. The van der Waals surface area contributed by atoms with Crippen LogP contribution in [0.3, 0.4) is 0 Å². The molecule has 2 rings (SSSR count). The molecule has 2 aromatic rings. The minimum Gasteiger partial charge on any atom is -0.411 e. The highest BCUT2D eigenvalue weighted by Crippen LogP contribution is 2.08. The maximum atomic E-state index is 11.3. The van der Waals surface area contributed by atoms with Crippen molar-refractivity contribution >= 4 is 23.0 Å². The Bertz CT molecular complexity index is 537. The number of fused-ring (bicyclic) bond motifs is 1. The molecule has 0 radical (unpaired) electrons. The Morgan fingerprint density at radius 3 is 2.80 bits per heavy atom. The molecule has 15 heavy (non-hydrogen) atoms. The fourth-order valence-electron chi connectivity index (χ4n) is 1.19. The number of carbonyl (C=O) groups is 1. The van der Waals surface area contributed by atoms with Gasteiger partial charge in [0.1, 0.15) is 11.9 Å². The predicted molar refractivity (Wildman–Crippen MR) is 54.1 cm³/mol. The number of para-hydroxylation sites is 2. The highest BCUT2D eigenvalue weighted by Gasteiger charge is 2.06. The predicted octanol–water partition coefficient (Wildman–Crippen LogP) is 1.27. The fourth-order valence-corrected chi connectivity index (χ4v) is 1.19. The smallest absolute Gasteiger partial charge is 0.227 e. The highest BCUT2D eigenvalue weighted by atomic mass is 16.4. The van der Waals surface area contributed by atoms with Crippen LogP contribution in [0.1, 0.15) is 10.5 Å². The van der Waals surface area contributed by atoms with Gasteiger partial charge in [0.25, 0.3) is 0 Å². The molecule has 0 saturated carbocycles. The van der Waals surface area contributed by atoms with Gasteiger partial charge in [0.15, 0.2) is 0 Å². The van der Waals surface area contributed by atoms with E-state index < -0.39 is 5.78 Å². The van der Waals surface area contributed by atoms with E-state index in [1.165, 1.54) is 6.20 Å². The Morgan fingerprint density at radius 1 is 1.33 bits per heavy atom. The van der Waals surface area contributed by atoms with Crippen LogP contribution in [0.2, 0.25) is 0 Å². The number of aromatic nitrogens is 2. The maximum Gasteiger partial charge on any atom is 0.227 e. The lowest BCUT2D eigenvalue weighted by atomic mass is 10.2. The number of nitrogens with zero attached hydrogens (tertiary/aromatic N) is 3. The first-order valence-electron chi connectivity index (χ1n) is 4.25. The summed E-state index contributed by atoms with van der Waals surface area (Å²) in [5.41, 5.74) is 1.51. The number of Topliss-reactive ketones (excluding diaryl/α,β-unsaturated/α-hetero) is 1. The first kappa shape index (κ1) is 9.26. The van der Waals surface area contributed by atoms with Crippen LogP contribution < -0.4 is 0 Å². The molecule has 0 bridgehead atoms. The molecule has 1 aromatic carbocycles. The summed E-state index contributed by atoms with van der Waals surface area (Å²) < 4.78 is 0. The second kappa shape index (κ2) is 3.83. The third kappa shape index (κ3) is 1.80. The average Bonchev–Trinajstić information content (AvgIpc) is 2.29. The zero-order valence-corrected chi connectivity index (χ0v) is 7.66. The number of ketones is 1. The van der Waals surface area contributed by atoms with E-state index >= 15 is 0 Å². The summed E-state index contributed by atoms with van der Waals surface area (Å²) in [4.78, 5) is 19.4. The molecule has 0 aliphatic carbocycles. The molecule has 0 unspecified atom stereocenters. The number of hydrogen-bond acceptors (Lipinski definition) is 5. The number of rotatable bonds is 2. The van der Waals surface area contributed by atoms with Crippen molar-refractivity contribution in [2.75, 3.05) is 0 Å². The largest absolute Gasteiger partial charge is 0.411 e. The molecule has 0 amide bonds. The van der Waals surface area contributed by atoms with Gasteiger partial charge in [0.05, 0.1) is 17.2 Å². The summed E-state index contributed by atoms with van der Waals surface area (Å²) in [6, 6.07) is 7.21. The summed E-state index contributed by atoms with van der Waals surface area (Å²) in [5.74, 6) is -0.476. The van der Waals surface area contributed by atoms with Crippen molar-refractivity contribution in [3.05, 3.63) is 36.2 Å². The van der Waals surface area contributed by atoms with E-state index in [9.17, 15) is 4.79 Å². The Morgan fingerprint density at radius 2 is 2.07 bits per heavy atom. The van der Waals surface area contributed by atoms with Gasteiger partial charge in [0.2, 0.25) is 5.78 Å². The molecular formula is C10H7N3O2. The fraction of sp³-hybridized carbons (Fsp3) is 0. The molecule has 0 atom stereocenters. The van der Waals surface area contributed by atoms with E-state index in [0.717, 1.165) is 11.7 Å². The van der Waals surface area contributed by atoms with Crippen molar-refractivity contribution in [1.82, 2.24) is 9.97 Å². The number of oxime groups is 1. The average molecular weight is 201 g/mol. The lowest BCUT2D eigenvalue weighted by Gasteiger charge is -1.97. The molecule has 5 heteroatoms. The van der Waals surface area contributed by atoms with E-state index in [1.54, 1.807) is 12.1 Å². The topological polar surface area (TPSA) is 75.4 Å². The van der Waals surface area contributed by atoms with Crippen molar-refractivity contribution in [1.29, 1.82) is 0 Å². The first-order chi connectivity index (χ1) is 7.31. The molecule has 1 aromatic heterocycles. The second-order valence-electron chi connectivity index (χ2n) is 2.85. The highest BCUT2D eigenvalue weighted by molar-refractivity contribution is 6.34. The van der Waals surface area contributed by atoms with E-state index in [2.05, 4.69) is 15.1 Å². The summed E-state index contributed by atoms with van der Waals surface area (Å²) in [5, 5.41) is 10.9. The van der Waals surface area contributed by atoms with E-state index in [1.807, 2.05) is 12.1 Å². The van der Waals surface area contributed by atoms with Gasteiger partial charge in [-0.15, -0.1) is 0 Å². The van der Waals surface area contributed by atoms with Gasteiger partial charge in [-0.05, 0) is 12.1 Å². The molecule has 0 saturated heterocycles.